The highest BCUT2D eigenvalue weighted by atomic mass is 16.6. The molecule has 2 saturated carbocycles. The number of aliphatic hydroxyl groups is 3. The average molecular weight is 405 g/mol. The van der Waals surface area contributed by atoms with Crippen molar-refractivity contribution < 1.29 is 29.6 Å². The Balaban J connectivity index is 1.94. The Morgan fingerprint density at radius 3 is 2.45 bits per heavy atom. The van der Waals surface area contributed by atoms with Gasteiger partial charge in [0.25, 0.3) is 0 Å². The molecule has 160 valence electrons. The van der Waals surface area contributed by atoms with Crippen LogP contribution in [0.5, 0.6) is 0 Å². The molecule has 3 N–H and O–H groups in total. The molecule has 0 bridgehead atoms. The predicted molar refractivity (Wildman–Crippen MR) is 106 cm³/mol. The first kappa shape index (κ1) is 20.8. The lowest BCUT2D eigenvalue weighted by Crippen LogP contribution is -2.65. The SMILES string of the molecule is CCC1=C[C@H]2[C@H]3C(C)(C)[C@]3(OC(C)=O)[C@H](O)[C@@H](C)[C@]2(O)[C@@H]2C=C(C)C(=O)[C@@]2(O)C1. The third-order valence-corrected chi connectivity index (χ3v) is 8.56. The van der Waals surface area contributed by atoms with Gasteiger partial charge in [0, 0.05) is 42.4 Å². The smallest absolute Gasteiger partial charge is 0.303 e. The van der Waals surface area contributed by atoms with Crippen molar-refractivity contribution in [3.05, 3.63) is 23.3 Å². The molecule has 4 aliphatic carbocycles. The second kappa shape index (κ2) is 5.80. The molecule has 0 aliphatic heterocycles. The summed E-state index contributed by atoms with van der Waals surface area (Å²) in [5.74, 6) is -3.14. The van der Waals surface area contributed by atoms with Gasteiger partial charge in [0.2, 0.25) is 0 Å². The zero-order chi connectivity index (χ0) is 21.7. The number of ketones is 1. The Morgan fingerprint density at radius 1 is 1.28 bits per heavy atom. The maximum Gasteiger partial charge on any atom is 0.303 e. The zero-order valence-electron chi connectivity index (χ0n) is 18.0. The minimum absolute atomic E-state index is 0.163. The lowest BCUT2D eigenvalue weighted by atomic mass is 9.59. The van der Waals surface area contributed by atoms with Gasteiger partial charge in [-0.05, 0) is 18.9 Å². The van der Waals surface area contributed by atoms with Crippen LogP contribution >= 0.6 is 0 Å². The standard InChI is InChI=1S/C23H32O6/c1-7-14-9-15-17-20(5,6)23(17,29-13(4)24)19(26)12(3)22(15,28)16-8-11(2)18(25)21(16,27)10-14/h8-9,12,15-17,19,26-28H,7,10H2,1-6H3/t12-,15+,16-,17+,19-,21-,22-,23-/m1/s1. The van der Waals surface area contributed by atoms with Crippen LogP contribution < -0.4 is 0 Å². The van der Waals surface area contributed by atoms with Crippen LogP contribution in [0.25, 0.3) is 0 Å². The van der Waals surface area contributed by atoms with Crippen molar-refractivity contribution in [1.29, 1.82) is 0 Å². The molecular weight excluding hydrogens is 372 g/mol. The molecule has 0 saturated heterocycles. The van der Waals surface area contributed by atoms with Crippen molar-refractivity contribution in [2.45, 2.75) is 77.3 Å². The number of fused-ring (bicyclic) bond motifs is 5. The number of esters is 1. The highest BCUT2D eigenvalue weighted by Gasteiger charge is 2.86. The van der Waals surface area contributed by atoms with Crippen LogP contribution in [-0.4, -0.2) is 50.0 Å². The van der Waals surface area contributed by atoms with E-state index in [-0.39, 0.29) is 18.1 Å². The summed E-state index contributed by atoms with van der Waals surface area (Å²) in [5, 5.41) is 35.0. The molecule has 0 amide bonds. The van der Waals surface area contributed by atoms with E-state index < -0.39 is 52.0 Å². The van der Waals surface area contributed by atoms with E-state index in [1.54, 1.807) is 19.9 Å². The Bertz CT molecular complexity index is 855. The average Bonchev–Trinajstić information content (AvgIpc) is 3.06. The number of aliphatic hydroxyl groups excluding tert-OH is 1. The molecular formula is C23H32O6. The Kier molecular flexibility index (Phi) is 4.15. The van der Waals surface area contributed by atoms with E-state index in [4.69, 9.17) is 4.74 Å². The molecule has 0 heterocycles. The van der Waals surface area contributed by atoms with Crippen molar-refractivity contribution in [1.82, 2.24) is 0 Å². The van der Waals surface area contributed by atoms with Crippen LogP contribution in [0.4, 0.5) is 0 Å². The summed E-state index contributed by atoms with van der Waals surface area (Å²) in [5.41, 5.74) is -3.56. The second-order valence-electron chi connectivity index (χ2n) is 10.2. The molecule has 8 atom stereocenters. The van der Waals surface area contributed by atoms with Gasteiger partial charge in [-0.15, -0.1) is 0 Å². The van der Waals surface area contributed by atoms with Crippen molar-refractivity contribution >= 4 is 11.8 Å². The first-order chi connectivity index (χ1) is 13.3. The normalized spacial score (nSPS) is 49.8. The second-order valence-corrected chi connectivity index (χ2v) is 10.2. The van der Waals surface area contributed by atoms with Gasteiger partial charge in [0.15, 0.2) is 5.78 Å². The molecule has 0 aromatic carbocycles. The first-order valence-corrected chi connectivity index (χ1v) is 10.5. The predicted octanol–water partition coefficient (Wildman–Crippen LogP) is 1.92. The minimum Gasteiger partial charge on any atom is -0.456 e. The van der Waals surface area contributed by atoms with Gasteiger partial charge >= 0.3 is 5.97 Å². The number of ether oxygens (including phenoxy) is 1. The molecule has 6 nitrogen and oxygen atoms in total. The maximum absolute atomic E-state index is 12.9. The number of carbonyl (C=O) groups is 2. The maximum atomic E-state index is 12.9. The fourth-order valence-corrected chi connectivity index (χ4v) is 7.04. The van der Waals surface area contributed by atoms with E-state index in [9.17, 15) is 24.9 Å². The number of carbonyl (C=O) groups excluding carboxylic acids is 2. The monoisotopic (exact) mass is 404 g/mol. The molecule has 0 spiro atoms. The lowest BCUT2D eigenvalue weighted by Gasteiger charge is -2.52. The molecule has 0 aromatic rings. The highest BCUT2D eigenvalue weighted by Crippen LogP contribution is 2.76. The van der Waals surface area contributed by atoms with E-state index in [2.05, 4.69) is 0 Å². The first-order valence-electron chi connectivity index (χ1n) is 10.5. The largest absolute Gasteiger partial charge is 0.456 e. The van der Waals surface area contributed by atoms with Crippen molar-refractivity contribution in [2.24, 2.45) is 29.1 Å². The summed E-state index contributed by atoms with van der Waals surface area (Å²) < 4.78 is 5.76. The highest BCUT2D eigenvalue weighted by molar-refractivity contribution is 6.04. The van der Waals surface area contributed by atoms with Crippen LogP contribution in [-0.2, 0) is 14.3 Å². The molecule has 0 unspecified atom stereocenters. The van der Waals surface area contributed by atoms with Gasteiger partial charge in [0.05, 0.1) is 11.7 Å². The molecule has 4 aliphatic rings. The summed E-state index contributed by atoms with van der Waals surface area (Å²) in [4.78, 5) is 24.8. The Labute approximate surface area is 171 Å². The van der Waals surface area contributed by atoms with E-state index in [1.165, 1.54) is 6.92 Å². The van der Waals surface area contributed by atoms with Crippen LogP contribution in [0, 0.1) is 29.1 Å². The number of Topliss-reactive ketones (excluding diaryl/α,β-unsaturated/α-hetero) is 1. The molecule has 29 heavy (non-hydrogen) atoms. The van der Waals surface area contributed by atoms with Crippen molar-refractivity contribution in [2.75, 3.05) is 0 Å². The summed E-state index contributed by atoms with van der Waals surface area (Å²) in [6.45, 7) is 10.6. The third-order valence-electron chi connectivity index (χ3n) is 8.56. The summed E-state index contributed by atoms with van der Waals surface area (Å²) >= 11 is 0. The van der Waals surface area contributed by atoms with Crippen LogP contribution in [0.15, 0.2) is 23.3 Å². The number of hydrogen-bond donors (Lipinski definition) is 3. The molecule has 0 aromatic heterocycles. The van der Waals surface area contributed by atoms with E-state index >= 15 is 0 Å². The van der Waals surface area contributed by atoms with E-state index in [0.717, 1.165) is 5.57 Å². The Morgan fingerprint density at radius 2 is 1.90 bits per heavy atom. The van der Waals surface area contributed by atoms with Gasteiger partial charge in [0.1, 0.15) is 11.2 Å². The third kappa shape index (κ3) is 2.18. The number of rotatable bonds is 2. The zero-order valence-corrected chi connectivity index (χ0v) is 18.0. The van der Waals surface area contributed by atoms with Gasteiger partial charge in [-0.2, -0.15) is 0 Å². The van der Waals surface area contributed by atoms with Crippen molar-refractivity contribution in [3.63, 3.8) is 0 Å². The van der Waals surface area contributed by atoms with Crippen LogP contribution in [0.3, 0.4) is 0 Å². The summed E-state index contributed by atoms with van der Waals surface area (Å²) in [6, 6.07) is 0. The molecule has 6 heteroatoms. The Hall–Kier alpha value is -1.50. The summed E-state index contributed by atoms with van der Waals surface area (Å²) in [7, 11) is 0. The van der Waals surface area contributed by atoms with Gasteiger partial charge in [-0.25, -0.2) is 0 Å². The number of hydrogen-bond acceptors (Lipinski definition) is 6. The van der Waals surface area contributed by atoms with Gasteiger partial charge in [-0.1, -0.05) is 45.4 Å². The quantitative estimate of drug-likeness (QED) is 0.480. The fourth-order valence-electron chi connectivity index (χ4n) is 7.04. The molecule has 4 rings (SSSR count). The van der Waals surface area contributed by atoms with Crippen LogP contribution in [0.1, 0.15) is 54.4 Å². The fraction of sp³-hybridized carbons (Fsp3) is 0.739. The lowest BCUT2D eigenvalue weighted by molar-refractivity contribution is -0.218. The topological polar surface area (TPSA) is 104 Å². The van der Waals surface area contributed by atoms with Crippen molar-refractivity contribution in [3.8, 4) is 0 Å². The molecule has 2 fully saturated rings. The molecule has 0 radical (unpaired) electrons. The van der Waals surface area contributed by atoms with Crippen LogP contribution in [0.2, 0.25) is 0 Å². The minimum atomic E-state index is -1.72. The van der Waals surface area contributed by atoms with E-state index in [0.29, 0.717) is 12.0 Å². The van der Waals surface area contributed by atoms with E-state index in [1.807, 2.05) is 26.8 Å². The summed E-state index contributed by atoms with van der Waals surface area (Å²) in [6.07, 6.45) is 3.35. The van der Waals surface area contributed by atoms with Gasteiger partial charge < -0.3 is 20.1 Å². The van der Waals surface area contributed by atoms with Gasteiger partial charge in [-0.3, -0.25) is 9.59 Å².